The van der Waals surface area contributed by atoms with Crippen LogP contribution >= 0.6 is 0 Å². The number of aromatic nitrogens is 1. The second-order valence-corrected chi connectivity index (χ2v) is 3.25. The van der Waals surface area contributed by atoms with E-state index < -0.39 is 5.97 Å². The molecule has 0 bridgehead atoms. The highest BCUT2D eigenvalue weighted by Gasteiger charge is 2.09. The van der Waals surface area contributed by atoms with E-state index in [0.29, 0.717) is 5.69 Å². The van der Waals surface area contributed by atoms with Crippen LogP contribution in [0.1, 0.15) is 10.4 Å². The van der Waals surface area contributed by atoms with Gasteiger partial charge in [-0.2, -0.15) is 0 Å². The predicted molar refractivity (Wildman–Crippen MR) is 60.9 cm³/mol. The van der Waals surface area contributed by atoms with Crippen LogP contribution in [-0.4, -0.2) is 11.0 Å². The summed E-state index contributed by atoms with van der Waals surface area (Å²) in [6.45, 7) is 0. The summed E-state index contributed by atoms with van der Waals surface area (Å²) in [5.41, 5.74) is 1.74. The van der Waals surface area contributed by atoms with Crippen LogP contribution in [-0.2, 0) is 4.84 Å². The zero-order valence-electron chi connectivity index (χ0n) is 8.74. The van der Waals surface area contributed by atoms with Crippen molar-refractivity contribution in [3.63, 3.8) is 0 Å². The molecule has 0 saturated carbocycles. The number of carbonyl (C=O) groups is 1. The molecule has 1 aromatic carbocycles. The van der Waals surface area contributed by atoms with Crippen LogP contribution in [0.25, 0.3) is 11.3 Å². The maximum atomic E-state index is 11.3. The molecule has 2 aromatic rings. The first-order chi connectivity index (χ1) is 8.31. The molecule has 5 nitrogen and oxygen atoms in total. The monoisotopic (exact) mass is 228 g/mol. The van der Waals surface area contributed by atoms with Gasteiger partial charge in [0.15, 0.2) is 5.34 Å². The van der Waals surface area contributed by atoms with Gasteiger partial charge in [0.1, 0.15) is 0 Å². The average Bonchev–Trinajstić information content (AvgIpc) is 2.40. The van der Waals surface area contributed by atoms with Crippen molar-refractivity contribution >= 4 is 5.97 Å². The molecule has 0 atom stereocenters. The molecule has 0 saturated heterocycles. The lowest BCUT2D eigenvalue weighted by molar-refractivity contribution is 0.0508. The molecule has 84 valence electrons. The molecule has 0 aliphatic rings. The van der Waals surface area contributed by atoms with Crippen molar-refractivity contribution < 1.29 is 9.63 Å². The lowest BCUT2D eigenvalue weighted by Gasteiger charge is -2.01. The Morgan fingerprint density at radius 1 is 1.18 bits per heavy atom. The standard InChI is InChI=1S/C12H8N2O3/c15-12(17-14-16)10-6-7-13-11(8-10)9-4-2-1-3-5-9/h1-8H. The minimum absolute atomic E-state index is 0.235. The Morgan fingerprint density at radius 2 is 1.94 bits per heavy atom. The Kier molecular flexibility index (Phi) is 3.20. The van der Waals surface area contributed by atoms with E-state index in [-0.39, 0.29) is 5.56 Å². The molecule has 0 unspecified atom stereocenters. The molecular formula is C12H8N2O3. The topological polar surface area (TPSA) is 68.6 Å². The maximum absolute atomic E-state index is 11.3. The van der Waals surface area contributed by atoms with Crippen LogP contribution in [0.5, 0.6) is 0 Å². The highest BCUT2D eigenvalue weighted by atomic mass is 16.7. The molecule has 0 aliphatic carbocycles. The third-order valence-corrected chi connectivity index (χ3v) is 2.19. The normalized spacial score (nSPS) is 9.65. The summed E-state index contributed by atoms with van der Waals surface area (Å²) in [7, 11) is 0. The first kappa shape index (κ1) is 10.9. The fraction of sp³-hybridized carbons (Fsp3) is 0. The minimum Gasteiger partial charge on any atom is -0.279 e. The van der Waals surface area contributed by atoms with E-state index in [1.54, 1.807) is 6.07 Å². The Bertz CT molecular complexity index is 540. The first-order valence-corrected chi connectivity index (χ1v) is 4.87. The Morgan fingerprint density at radius 3 is 2.65 bits per heavy atom. The van der Waals surface area contributed by atoms with Crippen LogP contribution in [0.3, 0.4) is 0 Å². The van der Waals surface area contributed by atoms with E-state index in [1.807, 2.05) is 30.3 Å². The van der Waals surface area contributed by atoms with Gasteiger partial charge in [-0.1, -0.05) is 30.3 Å². The fourth-order valence-electron chi connectivity index (χ4n) is 1.41. The lowest BCUT2D eigenvalue weighted by atomic mass is 10.1. The van der Waals surface area contributed by atoms with Gasteiger partial charge in [0.2, 0.25) is 0 Å². The van der Waals surface area contributed by atoms with Gasteiger partial charge in [-0.15, -0.1) is 4.91 Å². The maximum Gasteiger partial charge on any atom is 0.369 e. The molecule has 0 amide bonds. The first-order valence-electron chi connectivity index (χ1n) is 4.87. The predicted octanol–water partition coefficient (Wildman–Crippen LogP) is 2.59. The molecule has 0 spiro atoms. The van der Waals surface area contributed by atoms with E-state index in [2.05, 4.69) is 15.2 Å². The number of rotatable bonds is 3. The Labute approximate surface area is 97.0 Å². The van der Waals surface area contributed by atoms with Gasteiger partial charge in [-0.3, -0.25) is 9.82 Å². The molecule has 0 N–H and O–H groups in total. The highest BCUT2D eigenvalue weighted by Crippen LogP contribution is 2.17. The molecule has 0 fully saturated rings. The van der Waals surface area contributed by atoms with E-state index in [1.165, 1.54) is 12.3 Å². The van der Waals surface area contributed by atoms with Gasteiger partial charge in [0.05, 0.1) is 11.3 Å². The summed E-state index contributed by atoms with van der Waals surface area (Å²) in [5.74, 6) is -0.792. The summed E-state index contributed by atoms with van der Waals surface area (Å²) < 4.78 is 0. The number of hydrogen-bond donors (Lipinski definition) is 0. The quantitative estimate of drug-likeness (QED) is 0.598. The van der Waals surface area contributed by atoms with Crippen molar-refractivity contribution in [3.8, 4) is 11.3 Å². The molecule has 0 aliphatic heterocycles. The summed E-state index contributed by atoms with van der Waals surface area (Å²) in [6, 6.07) is 12.4. The van der Waals surface area contributed by atoms with Gasteiger partial charge >= 0.3 is 5.97 Å². The van der Waals surface area contributed by atoms with E-state index in [0.717, 1.165) is 5.56 Å². The van der Waals surface area contributed by atoms with Crippen LogP contribution in [0.4, 0.5) is 0 Å². The highest BCUT2D eigenvalue weighted by molar-refractivity contribution is 5.90. The number of pyridine rings is 1. The van der Waals surface area contributed by atoms with Crippen molar-refractivity contribution in [2.45, 2.75) is 0 Å². The SMILES string of the molecule is O=NOC(=O)c1ccnc(-c2ccccc2)c1. The molecule has 2 rings (SSSR count). The summed E-state index contributed by atoms with van der Waals surface area (Å²) in [4.78, 5) is 29.3. The molecular weight excluding hydrogens is 220 g/mol. The average molecular weight is 228 g/mol. The van der Waals surface area contributed by atoms with Crippen LogP contribution in [0, 0.1) is 4.91 Å². The minimum atomic E-state index is -0.792. The second kappa shape index (κ2) is 4.98. The van der Waals surface area contributed by atoms with Crippen molar-refractivity contribution in [2.24, 2.45) is 5.34 Å². The fourth-order valence-corrected chi connectivity index (χ4v) is 1.41. The van der Waals surface area contributed by atoms with Crippen LogP contribution < -0.4 is 0 Å². The molecule has 5 heteroatoms. The van der Waals surface area contributed by atoms with Crippen molar-refractivity contribution in [3.05, 3.63) is 59.1 Å². The van der Waals surface area contributed by atoms with Gasteiger partial charge in [-0.05, 0) is 12.1 Å². The van der Waals surface area contributed by atoms with Crippen LogP contribution in [0.15, 0.2) is 54.0 Å². The molecule has 1 heterocycles. The molecule has 0 radical (unpaired) electrons. The van der Waals surface area contributed by atoms with Crippen molar-refractivity contribution in [1.82, 2.24) is 4.98 Å². The van der Waals surface area contributed by atoms with Crippen LogP contribution in [0.2, 0.25) is 0 Å². The summed E-state index contributed by atoms with van der Waals surface area (Å²) >= 11 is 0. The lowest BCUT2D eigenvalue weighted by Crippen LogP contribution is -2.00. The van der Waals surface area contributed by atoms with Gasteiger partial charge in [0.25, 0.3) is 0 Å². The van der Waals surface area contributed by atoms with Gasteiger partial charge in [0, 0.05) is 11.8 Å². The van der Waals surface area contributed by atoms with Gasteiger partial charge < -0.3 is 0 Å². The largest absolute Gasteiger partial charge is 0.369 e. The zero-order valence-corrected chi connectivity index (χ0v) is 8.74. The van der Waals surface area contributed by atoms with Gasteiger partial charge in [-0.25, -0.2) is 4.79 Å². The number of carbonyl (C=O) groups excluding carboxylic acids is 1. The van der Waals surface area contributed by atoms with E-state index >= 15 is 0 Å². The second-order valence-electron chi connectivity index (χ2n) is 3.25. The summed E-state index contributed by atoms with van der Waals surface area (Å²) in [5, 5.41) is 2.09. The summed E-state index contributed by atoms with van der Waals surface area (Å²) in [6.07, 6.45) is 1.48. The number of nitrogens with zero attached hydrogens (tertiary/aromatic N) is 2. The smallest absolute Gasteiger partial charge is 0.279 e. The number of benzene rings is 1. The Hall–Kier alpha value is -2.56. The van der Waals surface area contributed by atoms with E-state index in [9.17, 15) is 9.70 Å². The third kappa shape index (κ3) is 2.52. The molecule has 1 aromatic heterocycles. The van der Waals surface area contributed by atoms with Crippen molar-refractivity contribution in [1.29, 1.82) is 0 Å². The molecule has 17 heavy (non-hydrogen) atoms. The van der Waals surface area contributed by atoms with Crippen molar-refractivity contribution in [2.75, 3.05) is 0 Å². The third-order valence-electron chi connectivity index (χ3n) is 2.19. The number of hydrogen-bond acceptors (Lipinski definition) is 5. The van der Waals surface area contributed by atoms with E-state index in [4.69, 9.17) is 0 Å². The Balaban J connectivity index is 2.35. The zero-order chi connectivity index (χ0) is 12.1.